The Morgan fingerprint density at radius 3 is 2.27 bits per heavy atom. The van der Waals surface area contributed by atoms with E-state index in [0.29, 0.717) is 6.61 Å². The van der Waals surface area contributed by atoms with Crippen molar-refractivity contribution in [3.8, 4) is 11.1 Å². The average Bonchev–Trinajstić information content (AvgIpc) is 2.84. The molecule has 0 aliphatic heterocycles. The molecule has 2 N–H and O–H groups in total. The zero-order chi connectivity index (χ0) is 17.9. The summed E-state index contributed by atoms with van der Waals surface area (Å²) >= 11 is 0. The quantitative estimate of drug-likeness (QED) is 0.814. The predicted molar refractivity (Wildman–Crippen MR) is 101 cm³/mol. The molecule has 2 atom stereocenters. The fourth-order valence-corrected chi connectivity index (χ4v) is 4.25. The van der Waals surface area contributed by atoms with Crippen molar-refractivity contribution in [1.29, 1.82) is 0 Å². The first kappa shape index (κ1) is 17.1. The highest BCUT2D eigenvalue weighted by Crippen LogP contribution is 2.44. The van der Waals surface area contributed by atoms with Crippen molar-refractivity contribution in [2.45, 2.75) is 50.2 Å². The summed E-state index contributed by atoms with van der Waals surface area (Å²) in [5.74, 6) is 0.0622. The number of carbonyl (C=O) groups excluding carboxylic acids is 1. The van der Waals surface area contributed by atoms with Crippen LogP contribution in [0.3, 0.4) is 0 Å². The minimum atomic E-state index is -0.474. The number of hydrogen-bond acceptors (Lipinski definition) is 3. The number of benzene rings is 2. The summed E-state index contributed by atoms with van der Waals surface area (Å²) in [6.45, 7) is 0.308. The van der Waals surface area contributed by atoms with Gasteiger partial charge in [-0.05, 0) is 35.1 Å². The van der Waals surface area contributed by atoms with Crippen molar-refractivity contribution in [1.82, 2.24) is 5.32 Å². The van der Waals surface area contributed by atoms with Gasteiger partial charge < -0.3 is 15.2 Å². The molecule has 4 nitrogen and oxygen atoms in total. The number of ether oxygens (including phenoxy) is 1. The lowest BCUT2D eigenvalue weighted by Crippen LogP contribution is -2.43. The Balaban J connectivity index is 1.44. The molecule has 4 heteroatoms. The van der Waals surface area contributed by atoms with E-state index >= 15 is 0 Å². The zero-order valence-electron chi connectivity index (χ0n) is 14.9. The van der Waals surface area contributed by atoms with Gasteiger partial charge in [-0.25, -0.2) is 4.79 Å². The van der Waals surface area contributed by atoms with Crippen LogP contribution in [0.2, 0.25) is 0 Å². The fraction of sp³-hybridized carbons (Fsp3) is 0.409. The maximum absolute atomic E-state index is 12.3. The van der Waals surface area contributed by atoms with Gasteiger partial charge in [0.05, 0.1) is 12.1 Å². The van der Waals surface area contributed by atoms with E-state index in [9.17, 15) is 9.90 Å². The molecule has 0 aromatic heterocycles. The Morgan fingerprint density at radius 2 is 1.58 bits per heavy atom. The second-order valence-corrected chi connectivity index (χ2v) is 7.28. The SMILES string of the molecule is O=C(NC1CCCCCC1O)OCC1c2ccccc2-c2ccccc21. The number of amides is 1. The van der Waals surface area contributed by atoms with E-state index in [1.165, 1.54) is 22.3 Å². The number of alkyl carbamates (subject to hydrolysis) is 1. The third kappa shape index (κ3) is 3.34. The van der Waals surface area contributed by atoms with Gasteiger partial charge in [0, 0.05) is 5.92 Å². The lowest BCUT2D eigenvalue weighted by molar-refractivity contribution is 0.0993. The first-order chi connectivity index (χ1) is 12.7. The van der Waals surface area contributed by atoms with Gasteiger partial charge in [-0.3, -0.25) is 0 Å². The maximum atomic E-state index is 12.3. The molecule has 0 spiro atoms. The Bertz CT molecular complexity index is 743. The summed E-state index contributed by atoms with van der Waals surface area (Å²) in [4.78, 5) is 12.3. The Kier molecular flexibility index (Phi) is 4.93. The van der Waals surface area contributed by atoms with Crippen molar-refractivity contribution in [3.05, 3.63) is 59.7 Å². The van der Waals surface area contributed by atoms with E-state index in [4.69, 9.17) is 4.74 Å². The summed E-state index contributed by atoms with van der Waals surface area (Å²) in [5.41, 5.74) is 4.85. The van der Waals surface area contributed by atoms with Crippen LogP contribution in [0.1, 0.15) is 49.1 Å². The molecule has 0 radical (unpaired) electrons. The van der Waals surface area contributed by atoms with Gasteiger partial charge in [-0.2, -0.15) is 0 Å². The van der Waals surface area contributed by atoms with E-state index < -0.39 is 12.2 Å². The highest BCUT2D eigenvalue weighted by Gasteiger charge is 2.30. The molecule has 2 aliphatic rings. The van der Waals surface area contributed by atoms with Gasteiger partial charge in [-0.15, -0.1) is 0 Å². The van der Waals surface area contributed by atoms with Crippen LogP contribution in [0, 0.1) is 0 Å². The van der Waals surface area contributed by atoms with Crippen LogP contribution >= 0.6 is 0 Å². The molecular weight excluding hydrogens is 326 g/mol. The van der Waals surface area contributed by atoms with Crippen LogP contribution in [0.25, 0.3) is 11.1 Å². The van der Waals surface area contributed by atoms with E-state index in [-0.39, 0.29) is 12.0 Å². The molecular formula is C22H25NO3. The number of aliphatic hydroxyl groups excluding tert-OH is 1. The average molecular weight is 351 g/mol. The van der Waals surface area contributed by atoms with Crippen molar-refractivity contribution in [2.24, 2.45) is 0 Å². The molecule has 2 unspecified atom stereocenters. The van der Waals surface area contributed by atoms with Crippen LogP contribution in [0.15, 0.2) is 48.5 Å². The molecule has 1 saturated carbocycles. The molecule has 136 valence electrons. The van der Waals surface area contributed by atoms with Crippen molar-refractivity contribution in [3.63, 3.8) is 0 Å². The second kappa shape index (κ2) is 7.50. The number of aliphatic hydroxyl groups is 1. The number of nitrogens with one attached hydrogen (secondary N) is 1. The predicted octanol–water partition coefficient (Wildman–Crippen LogP) is 4.22. The van der Waals surface area contributed by atoms with Crippen LogP contribution < -0.4 is 5.32 Å². The highest BCUT2D eigenvalue weighted by molar-refractivity contribution is 5.79. The van der Waals surface area contributed by atoms with Crippen molar-refractivity contribution >= 4 is 6.09 Å². The maximum Gasteiger partial charge on any atom is 0.407 e. The fourth-order valence-electron chi connectivity index (χ4n) is 4.25. The lowest BCUT2D eigenvalue weighted by atomic mass is 9.98. The van der Waals surface area contributed by atoms with Gasteiger partial charge in [-0.1, -0.05) is 67.8 Å². The Morgan fingerprint density at radius 1 is 0.962 bits per heavy atom. The molecule has 0 heterocycles. The van der Waals surface area contributed by atoms with E-state index in [2.05, 4.69) is 29.6 Å². The van der Waals surface area contributed by atoms with Gasteiger partial charge >= 0.3 is 6.09 Å². The summed E-state index contributed by atoms with van der Waals surface area (Å²) in [6, 6.07) is 16.4. The van der Waals surface area contributed by atoms with Crippen LogP contribution in [0.4, 0.5) is 4.79 Å². The van der Waals surface area contributed by atoms with Gasteiger partial charge in [0.1, 0.15) is 6.61 Å². The van der Waals surface area contributed by atoms with Crippen molar-refractivity contribution < 1.29 is 14.6 Å². The molecule has 0 bridgehead atoms. The Hall–Kier alpha value is -2.33. The summed E-state index contributed by atoms with van der Waals surface area (Å²) in [5, 5.41) is 13.0. The molecule has 2 aliphatic carbocycles. The molecule has 26 heavy (non-hydrogen) atoms. The van der Waals surface area contributed by atoms with Crippen LogP contribution in [-0.4, -0.2) is 30.0 Å². The second-order valence-electron chi connectivity index (χ2n) is 7.28. The molecule has 1 amide bonds. The summed E-state index contributed by atoms with van der Waals surface area (Å²) in [7, 11) is 0. The molecule has 4 rings (SSSR count). The monoisotopic (exact) mass is 351 g/mol. The van der Waals surface area contributed by atoms with Crippen LogP contribution in [0.5, 0.6) is 0 Å². The van der Waals surface area contributed by atoms with E-state index in [0.717, 1.165) is 32.1 Å². The van der Waals surface area contributed by atoms with Gasteiger partial charge in [0.25, 0.3) is 0 Å². The van der Waals surface area contributed by atoms with Gasteiger partial charge in [0.15, 0.2) is 0 Å². The third-order valence-electron chi connectivity index (χ3n) is 5.63. The lowest BCUT2D eigenvalue weighted by Gasteiger charge is -2.22. The zero-order valence-corrected chi connectivity index (χ0v) is 14.9. The largest absolute Gasteiger partial charge is 0.449 e. The normalized spacial score (nSPS) is 22.2. The number of fused-ring (bicyclic) bond motifs is 3. The van der Waals surface area contributed by atoms with Crippen molar-refractivity contribution in [2.75, 3.05) is 6.61 Å². The smallest absolute Gasteiger partial charge is 0.407 e. The first-order valence-electron chi connectivity index (χ1n) is 9.53. The minimum Gasteiger partial charge on any atom is -0.449 e. The summed E-state index contributed by atoms with van der Waals surface area (Å²) < 4.78 is 5.57. The molecule has 0 saturated heterocycles. The van der Waals surface area contributed by atoms with Gasteiger partial charge in [0.2, 0.25) is 0 Å². The summed E-state index contributed by atoms with van der Waals surface area (Å²) in [6.07, 6.45) is 3.81. The third-order valence-corrected chi connectivity index (χ3v) is 5.63. The molecule has 2 aromatic carbocycles. The standard InChI is InChI=1S/C22H25NO3/c24-21-13-3-1-2-12-20(21)23-22(25)26-14-19-17-10-6-4-8-15(17)16-9-5-7-11-18(16)19/h4-11,19-21,24H,1-3,12-14H2,(H,23,25). The first-order valence-corrected chi connectivity index (χ1v) is 9.53. The number of carbonyl (C=O) groups is 1. The van der Waals surface area contributed by atoms with Crippen LogP contribution in [-0.2, 0) is 4.74 Å². The molecule has 1 fully saturated rings. The van der Waals surface area contributed by atoms with E-state index in [1.807, 2.05) is 24.3 Å². The Labute approximate surface area is 154 Å². The number of hydrogen-bond donors (Lipinski definition) is 2. The molecule has 2 aromatic rings. The minimum absolute atomic E-state index is 0.0622. The number of rotatable bonds is 3. The van der Waals surface area contributed by atoms with E-state index in [1.54, 1.807) is 0 Å². The topological polar surface area (TPSA) is 58.6 Å². The highest BCUT2D eigenvalue weighted by atomic mass is 16.5.